The Hall–Kier alpha value is -2.78. The van der Waals surface area contributed by atoms with Gasteiger partial charge in [-0.25, -0.2) is 8.42 Å². The number of benzene rings is 3. The Morgan fingerprint density at radius 1 is 0.950 bits per heavy atom. The summed E-state index contributed by atoms with van der Waals surface area (Å²) in [5, 5.41) is 3.87. The lowest BCUT2D eigenvalue weighted by molar-refractivity contribution is -0.139. The Morgan fingerprint density at radius 3 is 2.15 bits per heavy atom. The van der Waals surface area contributed by atoms with Crippen LogP contribution in [0.15, 0.2) is 65.6 Å². The van der Waals surface area contributed by atoms with Gasteiger partial charge in [-0.3, -0.25) is 13.9 Å². The molecular weight excluding hydrogens is 593 g/mol. The van der Waals surface area contributed by atoms with E-state index in [1.165, 1.54) is 17.0 Å². The first kappa shape index (κ1) is 31.7. The van der Waals surface area contributed by atoms with Crippen molar-refractivity contribution in [1.29, 1.82) is 0 Å². The molecule has 11 heteroatoms. The summed E-state index contributed by atoms with van der Waals surface area (Å²) in [6.45, 7) is 6.81. The highest BCUT2D eigenvalue weighted by molar-refractivity contribution is 7.92. The number of nitrogens with one attached hydrogen (secondary N) is 1. The number of rotatable bonds is 11. The summed E-state index contributed by atoms with van der Waals surface area (Å²) in [5.74, 6) is -0.992. The van der Waals surface area contributed by atoms with Crippen LogP contribution in [0.1, 0.15) is 37.0 Å². The zero-order chi connectivity index (χ0) is 29.6. The van der Waals surface area contributed by atoms with Gasteiger partial charge in [0.2, 0.25) is 11.8 Å². The Kier molecular flexibility index (Phi) is 10.9. The molecule has 40 heavy (non-hydrogen) atoms. The number of carbonyl (C=O) groups excluding carboxylic acids is 2. The van der Waals surface area contributed by atoms with Crippen LogP contribution in [-0.4, -0.2) is 44.3 Å². The molecule has 0 bridgehead atoms. The van der Waals surface area contributed by atoms with E-state index in [0.29, 0.717) is 39.2 Å². The third kappa shape index (κ3) is 7.49. The van der Waals surface area contributed by atoms with Crippen molar-refractivity contribution in [3.05, 3.63) is 92.4 Å². The number of anilines is 1. The van der Waals surface area contributed by atoms with Crippen LogP contribution < -0.4 is 9.62 Å². The molecule has 0 radical (unpaired) electrons. The first-order chi connectivity index (χ1) is 18.9. The molecule has 3 aromatic carbocycles. The molecule has 0 spiro atoms. The molecule has 0 saturated heterocycles. The second-order valence-corrected chi connectivity index (χ2v) is 12.6. The highest BCUT2D eigenvalue weighted by Crippen LogP contribution is 2.31. The molecule has 2 amide bonds. The third-order valence-electron chi connectivity index (χ3n) is 6.42. The fourth-order valence-corrected chi connectivity index (χ4v) is 6.30. The van der Waals surface area contributed by atoms with Crippen molar-refractivity contribution in [2.45, 2.75) is 51.6 Å². The molecule has 0 heterocycles. The van der Waals surface area contributed by atoms with Crippen LogP contribution in [0, 0.1) is 13.8 Å². The maximum absolute atomic E-state index is 14.0. The number of sulfonamides is 1. The maximum atomic E-state index is 14.0. The molecule has 0 saturated carbocycles. The lowest BCUT2D eigenvalue weighted by atomic mass is 10.1. The van der Waals surface area contributed by atoms with Crippen LogP contribution in [0.2, 0.25) is 15.1 Å². The summed E-state index contributed by atoms with van der Waals surface area (Å²) < 4.78 is 28.9. The van der Waals surface area contributed by atoms with E-state index in [-0.39, 0.29) is 23.0 Å². The van der Waals surface area contributed by atoms with E-state index in [1.54, 1.807) is 62.4 Å². The molecular formula is C29H32Cl3N3O4S. The third-order valence-corrected chi connectivity index (χ3v) is 9.14. The quantitative estimate of drug-likeness (QED) is 0.267. The topological polar surface area (TPSA) is 86.8 Å². The van der Waals surface area contributed by atoms with E-state index in [2.05, 4.69) is 5.32 Å². The summed E-state index contributed by atoms with van der Waals surface area (Å²) in [5.41, 5.74) is 2.19. The van der Waals surface area contributed by atoms with Crippen molar-refractivity contribution in [2.75, 3.05) is 17.4 Å². The number of hydrogen-bond acceptors (Lipinski definition) is 4. The fraction of sp³-hybridized carbons (Fsp3) is 0.310. The van der Waals surface area contributed by atoms with E-state index in [1.807, 2.05) is 13.8 Å². The number of nitrogens with zero attached hydrogens (tertiary/aromatic N) is 2. The van der Waals surface area contributed by atoms with Gasteiger partial charge < -0.3 is 10.2 Å². The highest BCUT2D eigenvalue weighted by Gasteiger charge is 2.33. The standard InChI is InChI=1S/C29H32Cl3N3O4S/c1-5-15-33-29(37)21(4)34(17-24-25(31)7-6-8-26(24)32)28(36)18-35(27-14-11-22(30)16-20(27)3)40(38,39)23-12-9-19(2)10-13-23/h6-14,16,21H,5,15,17-18H2,1-4H3,(H,33,37)/t21-/m1/s1. The number of aryl methyl sites for hydroxylation is 2. The molecule has 7 nitrogen and oxygen atoms in total. The predicted molar refractivity (Wildman–Crippen MR) is 162 cm³/mol. The van der Waals surface area contributed by atoms with Crippen LogP contribution in [0.3, 0.4) is 0 Å². The minimum absolute atomic E-state index is 0.0229. The van der Waals surface area contributed by atoms with Crippen LogP contribution in [0.4, 0.5) is 5.69 Å². The fourth-order valence-electron chi connectivity index (χ4n) is 4.08. The average Bonchev–Trinajstić information content (AvgIpc) is 2.90. The summed E-state index contributed by atoms with van der Waals surface area (Å²) in [6, 6.07) is 15.1. The molecule has 3 rings (SSSR count). The Labute approximate surface area is 251 Å². The number of halogens is 3. The van der Waals surface area contributed by atoms with Crippen molar-refractivity contribution in [3.63, 3.8) is 0 Å². The van der Waals surface area contributed by atoms with E-state index in [9.17, 15) is 18.0 Å². The summed E-state index contributed by atoms with van der Waals surface area (Å²) >= 11 is 19.0. The summed E-state index contributed by atoms with van der Waals surface area (Å²) in [4.78, 5) is 28.3. The number of carbonyl (C=O) groups is 2. The predicted octanol–water partition coefficient (Wildman–Crippen LogP) is 6.40. The summed E-state index contributed by atoms with van der Waals surface area (Å²) in [6.07, 6.45) is 0.709. The molecule has 0 unspecified atom stereocenters. The van der Waals surface area contributed by atoms with E-state index >= 15 is 0 Å². The van der Waals surface area contributed by atoms with E-state index in [4.69, 9.17) is 34.8 Å². The van der Waals surface area contributed by atoms with Crippen molar-refractivity contribution >= 4 is 62.3 Å². The van der Waals surface area contributed by atoms with Gasteiger partial charge in [0, 0.05) is 33.7 Å². The Morgan fingerprint density at radius 2 is 1.57 bits per heavy atom. The van der Waals surface area contributed by atoms with Crippen molar-refractivity contribution < 1.29 is 18.0 Å². The molecule has 0 aromatic heterocycles. The number of amides is 2. The molecule has 3 aromatic rings. The minimum atomic E-state index is -4.19. The summed E-state index contributed by atoms with van der Waals surface area (Å²) in [7, 11) is -4.19. The van der Waals surface area contributed by atoms with Crippen molar-refractivity contribution in [1.82, 2.24) is 10.2 Å². The van der Waals surface area contributed by atoms with Gasteiger partial charge in [-0.2, -0.15) is 0 Å². The van der Waals surface area contributed by atoms with Crippen LogP contribution in [0.5, 0.6) is 0 Å². The first-order valence-corrected chi connectivity index (χ1v) is 15.3. The zero-order valence-corrected chi connectivity index (χ0v) is 25.8. The van der Waals surface area contributed by atoms with Crippen LogP contribution in [-0.2, 0) is 26.2 Å². The molecule has 0 aliphatic heterocycles. The van der Waals surface area contributed by atoms with Gasteiger partial charge in [0.15, 0.2) is 0 Å². The minimum Gasteiger partial charge on any atom is -0.354 e. The first-order valence-electron chi connectivity index (χ1n) is 12.7. The van der Waals surface area contributed by atoms with Crippen LogP contribution >= 0.6 is 34.8 Å². The second-order valence-electron chi connectivity index (χ2n) is 9.44. The van der Waals surface area contributed by atoms with Gasteiger partial charge in [-0.05, 0) is 75.2 Å². The van der Waals surface area contributed by atoms with Gasteiger partial charge in [-0.1, -0.05) is 65.5 Å². The molecule has 0 fully saturated rings. The van der Waals surface area contributed by atoms with Crippen molar-refractivity contribution in [2.24, 2.45) is 0 Å². The largest absolute Gasteiger partial charge is 0.354 e. The number of hydrogen-bond donors (Lipinski definition) is 1. The monoisotopic (exact) mass is 623 g/mol. The highest BCUT2D eigenvalue weighted by atomic mass is 35.5. The normalized spacial score (nSPS) is 12.1. The van der Waals surface area contributed by atoms with E-state index < -0.39 is 28.5 Å². The molecule has 1 N–H and O–H groups in total. The van der Waals surface area contributed by atoms with Gasteiger partial charge >= 0.3 is 0 Å². The van der Waals surface area contributed by atoms with E-state index in [0.717, 1.165) is 9.87 Å². The molecule has 1 atom stereocenters. The van der Waals surface area contributed by atoms with Gasteiger partial charge in [-0.15, -0.1) is 0 Å². The van der Waals surface area contributed by atoms with Crippen LogP contribution in [0.25, 0.3) is 0 Å². The van der Waals surface area contributed by atoms with Gasteiger partial charge in [0.25, 0.3) is 10.0 Å². The smallest absolute Gasteiger partial charge is 0.264 e. The average molecular weight is 625 g/mol. The van der Waals surface area contributed by atoms with Gasteiger partial charge in [0.1, 0.15) is 12.6 Å². The zero-order valence-electron chi connectivity index (χ0n) is 22.7. The Balaban J connectivity index is 2.09. The molecule has 0 aliphatic carbocycles. The molecule has 214 valence electrons. The molecule has 0 aliphatic rings. The maximum Gasteiger partial charge on any atom is 0.264 e. The lowest BCUT2D eigenvalue weighted by Gasteiger charge is -2.32. The van der Waals surface area contributed by atoms with Gasteiger partial charge in [0.05, 0.1) is 10.6 Å². The van der Waals surface area contributed by atoms with Crippen molar-refractivity contribution in [3.8, 4) is 0 Å². The Bertz CT molecular complexity index is 1460. The SMILES string of the molecule is CCCNC(=O)[C@@H](C)N(Cc1c(Cl)cccc1Cl)C(=O)CN(c1ccc(Cl)cc1C)S(=O)(=O)c1ccc(C)cc1. The lowest BCUT2D eigenvalue weighted by Crippen LogP contribution is -2.51. The second kappa shape index (κ2) is 13.7.